The van der Waals surface area contributed by atoms with Crippen LogP contribution in [0.25, 0.3) is 22.5 Å². The van der Waals surface area contributed by atoms with E-state index >= 15 is 0 Å². The van der Waals surface area contributed by atoms with Gasteiger partial charge < -0.3 is 5.32 Å². The quantitative estimate of drug-likeness (QED) is 0.720. The standard InChI is InChI=1S/C21H29N7O/c1-14-17(11-26(3)23-14)19-10-20(18-12-27(4)24-15(18)2)28(25-19)13-21(29)22-16-8-6-5-7-9-16/h10-12,16H,5-9,13H2,1-4H3,(H,22,29). The molecule has 1 fully saturated rings. The van der Waals surface area contributed by atoms with Crippen LogP contribution in [-0.4, -0.2) is 41.3 Å². The molecule has 1 aliphatic carbocycles. The normalized spacial score (nSPS) is 15.0. The van der Waals surface area contributed by atoms with E-state index in [-0.39, 0.29) is 18.5 Å². The van der Waals surface area contributed by atoms with E-state index in [1.54, 1.807) is 14.0 Å². The zero-order valence-electron chi connectivity index (χ0n) is 17.6. The van der Waals surface area contributed by atoms with E-state index in [1.165, 1.54) is 19.3 Å². The molecule has 1 saturated carbocycles. The molecule has 8 heteroatoms. The number of nitrogens with zero attached hydrogens (tertiary/aromatic N) is 6. The Morgan fingerprint density at radius 2 is 1.62 bits per heavy atom. The van der Waals surface area contributed by atoms with Crippen molar-refractivity contribution in [1.29, 1.82) is 0 Å². The van der Waals surface area contributed by atoms with Gasteiger partial charge in [-0.3, -0.25) is 18.8 Å². The van der Waals surface area contributed by atoms with E-state index in [4.69, 9.17) is 5.10 Å². The van der Waals surface area contributed by atoms with Gasteiger partial charge in [-0.2, -0.15) is 15.3 Å². The molecule has 3 aromatic rings. The van der Waals surface area contributed by atoms with Gasteiger partial charge in [-0.1, -0.05) is 19.3 Å². The summed E-state index contributed by atoms with van der Waals surface area (Å²) in [6, 6.07) is 2.32. The Kier molecular flexibility index (Phi) is 5.25. The molecule has 1 amide bonds. The minimum atomic E-state index is 0.0113. The van der Waals surface area contributed by atoms with Crippen molar-refractivity contribution in [3.8, 4) is 22.5 Å². The molecule has 8 nitrogen and oxygen atoms in total. The third kappa shape index (κ3) is 4.11. The molecule has 0 bridgehead atoms. The third-order valence-electron chi connectivity index (χ3n) is 5.62. The molecule has 0 aliphatic heterocycles. The first kappa shape index (κ1) is 19.4. The van der Waals surface area contributed by atoms with Gasteiger partial charge >= 0.3 is 0 Å². The van der Waals surface area contributed by atoms with Crippen LogP contribution < -0.4 is 5.32 Å². The topological polar surface area (TPSA) is 82.6 Å². The molecule has 29 heavy (non-hydrogen) atoms. The van der Waals surface area contributed by atoms with Crippen molar-refractivity contribution in [2.75, 3.05) is 0 Å². The molecular weight excluding hydrogens is 366 g/mol. The van der Waals surface area contributed by atoms with Gasteiger partial charge in [0.15, 0.2) is 0 Å². The summed E-state index contributed by atoms with van der Waals surface area (Å²) in [6.07, 6.45) is 9.73. The van der Waals surface area contributed by atoms with Crippen LogP contribution in [0.1, 0.15) is 43.5 Å². The summed E-state index contributed by atoms with van der Waals surface area (Å²) in [6.45, 7) is 4.14. The molecule has 0 spiro atoms. The van der Waals surface area contributed by atoms with Crippen LogP contribution in [0.5, 0.6) is 0 Å². The maximum atomic E-state index is 12.8. The van der Waals surface area contributed by atoms with Gasteiger partial charge in [0.1, 0.15) is 6.54 Å². The van der Waals surface area contributed by atoms with Crippen LogP contribution in [0, 0.1) is 13.8 Å². The van der Waals surface area contributed by atoms with Crippen LogP contribution >= 0.6 is 0 Å². The van der Waals surface area contributed by atoms with Crippen molar-refractivity contribution >= 4 is 5.91 Å². The lowest BCUT2D eigenvalue weighted by Crippen LogP contribution is -2.38. The summed E-state index contributed by atoms with van der Waals surface area (Å²) >= 11 is 0. The first-order valence-corrected chi connectivity index (χ1v) is 10.3. The van der Waals surface area contributed by atoms with Crippen LogP contribution in [0.2, 0.25) is 0 Å². The Labute approximate surface area is 170 Å². The first-order valence-electron chi connectivity index (χ1n) is 10.3. The fraction of sp³-hybridized carbons (Fsp3) is 0.524. The highest BCUT2D eigenvalue weighted by Crippen LogP contribution is 2.29. The number of aryl methyl sites for hydroxylation is 4. The van der Waals surface area contributed by atoms with Crippen molar-refractivity contribution in [2.24, 2.45) is 14.1 Å². The maximum Gasteiger partial charge on any atom is 0.241 e. The maximum absolute atomic E-state index is 12.8. The minimum Gasteiger partial charge on any atom is -0.352 e. The predicted molar refractivity (Wildman–Crippen MR) is 111 cm³/mol. The number of hydrogen-bond acceptors (Lipinski definition) is 4. The van der Waals surface area contributed by atoms with Gasteiger partial charge in [0.2, 0.25) is 5.91 Å². The van der Waals surface area contributed by atoms with Gasteiger partial charge in [-0.15, -0.1) is 0 Å². The molecule has 3 heterocycles. The lowest BCUT2D eigenvalue weighted by atomic mass is 9.95. The van der Waals surface area contributed by atoms with Gasteiger partial charge in [0.05, 0.1) is 22.8 Å². The van der Waals surface area contributed by atoms with Crippen molar-refractivity contribution in [3.63, 3.8) is 0 Å². The second-order valence-corrected chi connectivity index (χ2v) is 8.08. The predicted octanol–water partition coefficient (Wildman–Crippen LogP) is 2.75. The Morgan fingerprint density at radius 1 is 1.00 bits per heavy atom. The largest absolute Gasteiger partial charge is 0.352 e. The van der Waals surface area contributed by atoms with E-state index in [2.05, 4.69) is 15.5 Å². The van der Waals surface area contributed by atoms with Crippen LogP contribution in [0.3, 0.4) is 0 Å². The third-order valence-corrected chi connectivity index (χ3v) is 5.62. The highest BCUT2D eigenvalue weighted by atomic mass is 16.2. The fourth-order valence-electron chi connectivity index (χ4n) is 4.24. The monoisotopic (exact) mass is 395 g/mol. The van der Waals surface area contributed by atoms with E-state index < -0.39 is 0 Å². The van der Waals surface area contributed by atoms with E-state index in [0.717, 1.165) is 46.7 Å². The second kappa shape index (κ2) is 7.85. The van der Waals surface area contributed by atoms with Gasteiger partial charge in [-0.05, 0) is 32.8 Å². The minimum absolute atomic E-state index is 0.0113. The summed E-state index contributed by atoms with van der Waals surface area (Å²) in [4.78, 5) is 12.8. The SMILES string of the molecule is Cc1nn(C)cc1-c1cc(-c2cn(C)nc2C)n(CC(=O)NC2CCCCC2)n1. The molecule has 0 unspecified atom stereocenters. The average Bonchev–Trinajstić information content (AvgIpc) is 3.32. The van der Waals surface area contributed by atoms with Crippen LogP contribution in [-0.2, 0) is 25.4 Å². The van der Waals surface area contributed by atoms with Gasteiger partial charge in [0.25, 0.3) is 0 Å². The Morgan fingerprint density at radius 3 is 2.21 bits per heavy atom. The van der Waals surface area contributed by atoms with Gasteiger partial charge in [-0.25, -0.2) is 0 Å². The van der Waals surface area contributed by atoms with Crippen LogP contribution in [0.4, 0.5) is 0 Å². The number of rotatable bonds is 5. The van der Waals surface area contributed by atoms with E-state index in [1.807, 2.05) is 46.4 Å². The van der Waals surface area contributed by atoms with Crippen LogP contribution in [0.15, 0.2) is 18.5 Å². The number of carbonyl (C=O) groups excluding carboxylic acids is 1. The van der Waals surface area contributed by atoms with Gasteiger partial charge in [0, 0.05) is 43.7 Å². The highest BCUT2D eigenvalue weighted by Gasteiger charge is 2.21. The Balaban J connectivity index is 1.66. The molecule has 3 aromatic heterocycles. The molecule has 0 atom stereocenters. The molecule has 1 N–H and O–H groups in total. The summed E-state index contributed by atoms with van der Waals surface area (Å²) in [5, 5.41) is 16.9. The van der Waals surface area contributed by atoms with Crippen molar-refractivity contribution in [2.45, 2.75) is 58.5 Å². The Hall–Kier alpha value is -2.90. The van der Waals surface area contributed by atoms with E-state index in [0.29, 0.717) is 0 Å². The number of nitrogens with one attached hydrogen (secondary N) is 1. The first-order chi connectivity index (χ1) is 13.9. The Bertz CT molecular complexity index is 1020. The number of amides is 1. The molecule has 4 rings (SSSR count). The fourth-order valence-corrected chi connectivity index (χ4v) is 4.24. The van der Waals surface area contributed by atoms with E-state index in [9.17, 15) is 4.79 Å². The summed E-state index contributed by atoms with van der Waals surface area (Å²) in [7, 11) is 3.80. The highest BCUT2D eigenvalue weighted by molar-refractivity contribution is 5.78. The average molecular weight is 396 g/mol. The number of hydrogen-bond donors (Lipinski definition) is 1. The molecule has 0 aromatic carbocycles. The van der Waals surface area contributed by atoms with Crippen molar-refractivity contribution < 1.29 is 4.79 Å². The summed E-state index contributed by atoms with van der Waals surface area (Å²) in [5.41, 5.74) is 5.50. The summed E-state index contributed by atoms with van der Waals surface area (Å²) < 4.78 is 5.37. The molecule has 0 saturated heterocycles. The lowest BCUT2D eigenvalue weighted by molar-refractivity contribution is -0.122. The molecule has 1 aliphatic rings. The number of carbonyl (C=O) groups is 1. The second-order valence-electron chi connectivity index (χ2n) is 8.08. The lowest BCUT2D eigenvalue weighted by Gasteiger charge is -2.22. The molecule has 154 valence electrons. The molecule has 0 radical (unpaired) electrons. The zero-order chi connectivity index (χ0) is 20.5. The zero-order valence-corrected chi connectivity index (χ0v) is 17.6. The smallest absolute Gasteiger partial charge is 0.241 e. The van der Waals surface area contributed by atoms with Crippen molar-refractivity contribution in [3.05, 3.63) is 29.8 Å². The molecular formula is C21H29N7O. The van der Waals surface area contributed by atoms with Crippen molar-refractivity contribution in [1.82, 2.24) is 34.7 Å². The summed E-state index contributed by atoms with van der Waals surface area (Å²) in [5.74, 6) is 0.0113. The number of aromatic nitrogens is 6.